The van der Waals surface area contributed by atoms with E-state index in [0.717, 1.165) is 20.6 Å². The fourth-order valence-electron chi connectivity index (χ4n) is 1.28. The Morgan fingerprint density at radius 3 is 2.71 bits per heavy atom. The fourth-order valence-corrected chi connectivity index (χ4v) is 3.44. The van der Waals surface area contributed by atoms with Crippen LogP contribution in [0.3, 0.4) is 0 Å². The molecule has 0 aliphatic carbocycles. The second-order valence-electron chi connectivity index (χ2n) is 3.33. The molecule has 90 valence electrons. The van der Waals surface area contributed by atoms with Crippen molar-refractivity contribution in [1.82, 2.24) is 4.98 Å². The van der Waals surface area contributed by atoms with Gasteiger partial charge in [-0.1, -0.05) is 34.5 Å². The van der Waals surface area contributed by atoms with Gasteiger partial charge in [-0.15, -0.1) is 11.3 Å². The lowest BCUT2D eigenvalue weighted by molar-refractivity contribution is 0.112. The van der Waals surface area contributed by atoms with Crippen molar-refractivity contribution in [2.45, 2.75) is 6.54 Å². The maximum Gasteiger partial charge on any atom is 0.187 e. The first-order valence-electron chi connectivity index (χ1n) is 4.67. The number of thiophene rings is 1. The van der Waals surface area contributed by atoms with Crippen molar-refractivity contribution >= 4 is 57.3 Å². The Morgan fingerprint density at radius 2 is 2.18 bits per heavy atom. The Kier molecular flexibility index (Phi) is 4.04. The summed E-state index contributed by atoms with van der Waals surface area (Å²) in [5.74, 6) is 0. The van der Waals surface area contributed by atoms with Gasteiger partial charge in [0.25, 0.3) is 0 Å². The SMILES string of the molecule is CN(Cc1ccc(Cl)s1)c1nc(Cl)c(C=O)s1. The van der Waals surface area contributed by atoms with Gasteiger partial charge in [0, 0.05) is 11.9 Å². The second kappa shape index (κ2) is 5.35. The zero-order chi connectivity index (χ0) is 12.4. The van der Waals surface area contributed by atoms with Gasteiger partial charge in [-0.05, 0) is 12.1 Å². The molecule has 3 nitrogen and oxygen atoms in total. The summed E-state index contributed by atoms with van der Waals surface area (Å²) < 4.78 is 0.763. The summed E-state index contributed by atoms with van der Waals surface area (Å²) in [4.78, 5) is 18.3. The molecule has 0 amide bonds. The molecule has 0 spiro atoms. The summed E-state index contributed by atoms with van der Waals surface area (Å²) in [5.41, 5.74) is 0. The smallest absolute Gasteiger partial charge is 0.187 e. The molecule has 0 radical (unpaired) electrons. The van der Waals surface area contributed by atoms with Crippen molar-refractivity contribution in [1.29, 1.82) is 0 Å². The molecule has 0 bridgehead atoms. The third-order valence-corrected chi connectivity index (χ3v) is 4.76. The summed E-state index contributed by atoms with van der Waals surface area (Å²) in [7, 11) is 1.90. The van der Waals surface area contributed by atoms with E-state index in [1.165, 1.54) is 22.7 Å². The number of carbonyl (C=O) groups is 1. The third-order valence-electron chi connectivity index (χ3n) is 2.05. The maximum absolute atomic E-state index is 10.7. The van der Waals surface area contributed by atoms with E-state index < -0.39 is 0 Å². The molecule has 2 aromatic heterocycles. The van der Waals surface area contributed by atoms with Gasteiger partial charge >= 0.3 is 0 Å². The zero-order valence-corrected chi connectivity index (χ0v) is 12.0. The second-order valence-corrected chi connectivity index (χ2v) is 6.50. The molecule has 0 N–H and O–H groups in total. The van der Waals surface area contributed by atoms with Crippen LogP contribution in [0.5, 0.6) is 0 Å². The molecule has 0 saturated carbocycles. The van der Waals surface area contributed by atoms with Crippen LogP contribution in [0.1, 0.15) is 14.5 Å². The minimum absolute atomic E-state index is 0.260. The lowest BCUT2D eigenvalue weighted by atomic mass is 10.4. The van der Waals surface area contributed by atoms with E-state index in [0.29, 0.717) is 11.4 Å². The lowest BCUT2D eigenvalue weighted by Gasteiger charge is -2.13. The Balaban J connectivity index is 2.13. The first-order chi connectivity index (χ1) is 8.10. The lowest BCUT2D eigenvalue weighted by Crippen LogP contribution is -2.14. The molecule has 0 aromatic carbocycles. The molecular weight excluding hydrogens is 299 g/mol. The van der Waals surface area contributed by atoms with Crippen molar-refractivity contribution < 1.29 is 4.79 Å². The van der Waals surface area contributed by atoms with Gasteiger partial charge in [-0.3, -0.25) is 4.79 Å². The number of anilines is 1. The van der Waals surface area contributed by atoms with Crippen LogP contribution < -0.4 is 4.90 Å². The van der Waals surface area contributed by atoms with E-state index >= 15 is 0 Å². The number of halogens is 2. The highest BCUT2D eigenvalue weighted by Gasteiger charge is 2.12. The standard InChI is InChI=1S/C10H8Cl2N2OS2/c1-14(4-6-2-3-8(11)16-6)10-13-9(12)7(5-15)17-10/h2-3,5H,4H2,1H3. The molecule has 2 aromatic rings. The van der Waals surface area contributed by atoms with E-state index in [2.05, 4.69) is 4.98 Å². The average molecular weight is 307 g/mol. The van der Waals surface area contributed by atoms with Gasteiger partial charge < -0.3 is 4.90 Å². The van der Waals surface area contributed by atoms with Crippen LogP contribution in [0.2, 0.25) is 9.49 Å². The van der Waals surface area contributed by atoms with Gasteiger partial charge in [-0.25, -0.2) is 4.98 Å². The third kappa shape index (κ3) is 2.98. The molecule has 2 heterocycles. The van der Waals surface area contributed by atoms with Crippen LogP contribution in [0.4, 0.5) is 5.13 Å². The van der Waals surface area contributed by atoms with Crippen molar-refractivity contribution in [3.8, 4) is 0 Å². The minimum Gasteiger partial charge on any atom is -0.346 e. The van der Waals surface area contributed by atoms with Gasteiger partial charge in [0.15, 0.2) is 16.6 Å². The summed E-state index contributed by atoms with van der Waals surface area (Å²) in [6.07, 6.45) is 0.722. The number of carbonyl (C=O) groups excluding carboxylic acids is 1. The van der Waals surface area contributed by atoms with Crippen molar-refractivity contribution in [2.24, 2.45) is 0 Å². The molecule has 0 unspecified atom stereocenters. The highest BCUT2D eigenvalue weighted by Crippen LogP contribution is 2.30. The molecule has 0 saturated heterocycles. The van der Waals surface area contributed by atoms with Crippen LogP contribution in [0.15, 0.2) is 12.1 Å². The monoisotopic (exact) mass is 306 g/mol. The Bertz CT molecular complexity index is 538. The first kappa shape index (κ1) is 12.8. The molecule has 2 rings (SSSR count). The van der Waals surface area contributed by atoms with Crippen LogP contribution in [-0.2, 0) is 6.54 Å². The predicted molar refractivity (Wildman–Crippen MR) is 73.9 cm³/mol. The van der Waals surface area contributed by atoms with Crippen LogP contribution >= 0.6 is 45.9 Å². The number of nitrogens with zero attached hydrogens (tertiary/aromatic N) is 2. The van der Waals surface area contributed by atoms with E-state index in [1.54, 1.807) is 0 Å². The molecule has 7 heteroatoms. The van der Waals surface area contributed by atoms with E-state index in [9.17, 15) is 4.79 Å². The van der Waals surface area contributed by atoms with Crippen molar-refractivity contribution in [2.75, 3.05) is 11.9 Å². The summed E-state index contributed by atoms with van der Waals surface area (Å²) in [5, 5.41) is 0.984. The maximum atomic E-state index is 10.7. The van der Waals surface area contributed by atoms with E-state index in [1.807, 2.05) is 24.1 Å². The molecule has 17 heavy (non-hydrogen) atoms. The quantitative estimate of drug-likeness (QED) is 0.802. The largest absolute Gasteiger partial charge is 0.346 e. The number of rotatable bonds is 4. The predicted octanol–water partition coefficient (Wildman–Crippen LogP) is 3.96. The molecule has 0 fully saturated rings. The molecular formula is C10H8Cl2N2OS2. The Labute approximate surface area is 117 Å². The van der Waals surface area contributed by atoms with Gasteiger partial charge in [0.1, 0.15) is 4.88 Å². The molecule has 0 aliphatic rings. The van der Waals surface area contributed by atoms with Crippen LogP contribution in [-0.4, -0.2) is 18.3 Å². The van der Waals surface area contributed by atoms with Gasteiger partial charge in [0.05, 0.1) is 10.9 Å². The topological polar surface area (TPSA) is 33.2 Å². The fraction of sp³-hybridized carbons (Fsp3) is 0.200. The number of aromatic nitrogens is 1. The first-order valence-corrected chi connectivity index (χ1v) is 7.06. The van der Waals surface area contributed by atoms with E-state index in [-0.39, 0.29) is 5.15 Å². The average Bonchev–Trinajstić information content (AvgIpc) is 2.85. The van der Waals surface area contributed by atoms with Crippen LogP contribution in [0.25, 0.3) is 0 Å². The zero-order valence-electron chi connectivity index (χ0n) is 8.81. The number of aldehydes is 1. The van der Waals surface area contributed by atoms with Crippen LogP contribution in [0, 0.1) is 0 Å². The molecule has 0 aliphatic heterocycles. The van der Waals surface area contributed by atoms with Gasteiger partial charge in [0.2, 0.25) is 0 Å². The Hall–Kier alpha value is -0.620. The minimum atomic E-state index is 0.260. The highest BCUT2D eigenvalue weighted by atomic mass is 35.5. The summed E-state index contributed by atoms with van der Waals surface area (Å²) in [6, 6.07) is 3.83. The van der Waals surface area contributed by atoms with Crippen molar-refractivity contribution in [3.63, 3.8) is 0 Å². The number of hydrogen-bond donors (Lipinski definition) is 0. The summed E-state index contributed by atoms with van der Waals surface area (Å²) >= 11 is 14.5. The highest BCUT2D eigenvalue weighted by molar-refractivity contribution is 7.18. The van der Waals surface area contributed by atoms with Gasteiger partial charge in [-0.2, -0.15) is 0 Å². The van der Waals surface area contributed by atoms with E-state index in [4.69, 9.17) is 23.2 Å². The number of thiazole rings is 1. The van der Waals surface area contributed by atoms with Crippen molar-refractivity contribution in [3.05, 3.63) is 31.4 Å². The summed E-state index contributed by atoms with van der Waals surface area (Å²) in [6.45, 7) is 0.694. The normalized spacial score (nSPS) is 10.5. The number of hydrogen-bond acceptors (Lipinski definition) is 5. The Morgan fingerprint density at radius 1 is 1.41 bits per heavy atom. The molecule has 0 atom stereocenters.